The summed E-state index contributed by atoms with van der Waals surface area (Å²) in [6.07, 6.45) is 1.25. The molecule has 0 bridgehead atoms. The summed E-state index contributed by atoms with van der Waals surface area (Å²) in [5.74, 6) is 0. The van der Waals surface area contributed by atoms with E-state index in [1.807, 2.05) is 0 Å². The van der Waals surface area contributed by atoms with Gasteiger partial charge in [0.25, 0.3) is 7.82 Å². The topological polar surface area (TPSA) is 58.6 Å². The lowest BCUT2D eigenvalue weighted by atomic mass is 10.6. The highest BCUT2D eigenvalue weighted by atomic mass is 31.2. The van der Waals surface area contributed by atoms with Crippen molar-refractivity contribution in [1.29, 1.82) is 0 Å². The molecule has 4 nitrogen and oxygen atoms in total. The van der Waals surface area contributed by atoms with E-state index >= 15 is 0 Å². The number of phosphoric acid groups is 1. The second kappa shape index (κ2) is 7.22. The fourth-order valence-electron chi connectivity index (χ4n) is 0.0745. The summed E-state index contributed by atoms with van der Waals surface area (Å²) < 4.78 is 17.7. The van der Waals surface area contributed by atoms with Gasteiger partial charge in [0.05, 0.1) is 0 Å². The average Bonchev–Trinajstić information content (AvgIpc) is 1.90. The number of hydrogen-bond acceptors (Lipinski definition) is 4. The molecular formula is C5H14O4P-. The first kappa shape index (κ1) is 12.8. The van der Waals surface area contributed by atoms with E-state index in [0.717, 1.165) is 14.2 Å². The summed E-state index contributed by atoms with van der Waals surface area (Å²) in [6, 6.07) is 0. The van der Waals surface area contributed by atoms with E-state index in [4.69, 9.17) is 0 Å². The van der Waals surface area contributed by atoms with Gasteiger partial charge >= 0.3 is 0 Å². The first-order valence-corrected chi connectivity index (χ1v) is 4.42. The highest BCUT2D eigenvalue weighted by molar-refractivity contribution is 7.45. The Balaban J connectivity index is 0. The predicted molar refractivity (Wildman–Crippen MR) is 37.6 cm³/mol. The molecule has 0 aromatic rings. The van der Waals surface area contributed by atoms with Gasteiger partial charge in [0, 0.05) is 14.2 Å². The van der Waals surface area contributed by atoms with Crippen LogP contribution in [0.15, 0.2) is 0 Å². The summed E-state index contributed by atoms with van der Waals surface area (Å²) in [6.45, 7) is 4.25. The van der Waals surface area contributed by atoms with Crippen molar-refractivity contribution in [3.8, 4) is 0 Å². The van der Waals surface area contributed by atoms with Crippen molar-refractivity contribution in [2.45, 2.75) is 20.3 Å². The smallest absolute Gasteiger partial charge is 0.267 e. The Hall–Kier alpha value is 0.110. The normalized spacial score (nSPS) is 10.1. The van der Waals surface area contributed by atoms with Gasteiger partial charge in [-0.25, -0.2) is 0 Å². The molecule has 0 saturated heterocycles. The van der Waals surface area contributed by atoms with E-state index in [1.54, 1.807) is 0 Å². The van der Waals surface area contributed by atoms with E-state index < -0.39 is 7.82 Å². The van der Waals surface area contributed by atoms with Gasteiger partial charge in [-0.3, -0.25) is 4.57 Å². The molecule has 0 atom stereocenters. The summed E-state index contributed by atoms with van der Waals surface area (Å²) in [7, 11) is -1.83. The molecule has 0 aliphatic rings. The highest BCUT2D eigenvalue weighted by Crippen LogP contribution is 2.34. The lowest BCUT2D eigenvalue weighted by molar-refractivity contribution is -0.220. The molecule has 0 unspecified atom stereocenters. The monoisotopic (exact) mass is 169 g/mol. The van der Waals surface area contributed by atoms with Crippen molar-refractivity contribution in [2.24, 2.45) is 0 Å². The van der Waals surface area contributed by atoms with Crippen LogP contribution in [0, 0.1) is 0 Å². The summed E-state index contributed by atoms with van der Waals surface area (Å²) in [5, 5.41) is 0. The minimum absolute atomic E-state index is 1.04. The number of rotatable bonds is 2. The fourth-order valence-corrected chi connectivity index (χ4v) is 0.224. The SMILES string of the molecule is CCC.COP(=O)([O-])OC. The van der Waals surface area contributed by atoms with Crippen LogP contribution in [0.3, 0.4) is 0 Å². The van der Waals surface area contributed by atoms with Gasteiger partial charge in [-0.2, -0.15) is 0 Å². The minimum atomic E-state index is -3.90. The predicted octanol–water partition coefficient (Wildman–Crippen LogP) is 1.16. The molecule has 10 heavy (non-hydrogen) atoms. The third-order valence-electron chi connectivity index (χ3n) is 0.447. The number of hydrogen-bond donors (Lipinski definition) is 0. The maximum absolute atomic E-state index is 9.95. The Morgan fingerprint density at radius 3 is 1.50 bits per heavy atom. The molecular weight excluding hydrogens is 155 g/mol. The second-order valence-electron chi connectivity index (χ2n) is 1.52. The zero-order chi connectivity index (χ0) is 8.62. The Morgan fingerprint density at radius 1 is 1.30 bits per heavy atom. The van der Waals surface area contributed by atoms with Crippen LogP contribution in [-0.2, 0) is 13.6 Å². The van der Waals surface area contributed by atoms with E-state index in [-0.39, 0.29) is 0 Å². The number of phosphoric ester groups is 1. The van der Waals surface area contributed by atoms with Gasteiger partial charge in [-0.1, -0.05) is 20.3 Å². The Bertz CT molecular complexity index is 95.8. The molecule has 0 aromatic carbocycles. The van der Waals surface area contributed by atoms with Gasteiger partial charge < -0.3 is 13.9 Å². The van der Waals surface area contributed by atoms with Crippen molar-refractivity contribution in [3.63, 3.8) is 0 Å². The van der Waals surface area contributed by atoms with Gasteiger partial charge in [-0.15, -0.1) is 0 Å². The first-order valence-electron chi connectivity index (χ1n) is 2.96. The van der Waals surface area contributed by atoms with Gasteiger partial charge in [0.15, 0.2) is 0 Å². The molecule has 0 aromatic heterocycles. The largest absolute Gasteiger partial charge is 0.756 e. The lowest BCUT2D eigenvalue weighted by Crippen LogP contribution is -2.02. The fraction of sp³-hybridized carbons (Fsp3) is 1.00. The van der Waals surface area contributed by atoms with Gasteiger partial charge in [0.2, 0.25) is 0 Å². The van der Waals surface area contributed by atoms with E-state index in [1.165, 1.54) is 6.42 Å². The van der Waals surface area contributed by atoms with Gasteiger partial charge in [0.1, 0.15) is 0 Å². The third-order valence-corrected chi connectivity index (χ3v) is 1.34. The summed E-state index contributed by atoms with van der Waals surface area (Å²) in [4.78, 5) is 9.95. The van der Waals surface area contributed by atoms with Crippen molar-refractivity contribution in [3.05, 3.63) is 0 Å². The van der Waals surface area contributed by atoms with E-state index in [9.17, 15) is 9.46 Å². The van der Waals surface area contributed by atoms with E-state index in [0.29, 0.717) is 0 Å². The molecule has 0 rings (SSSR count). The van der Waals surface area contributed by atoms with Crippen molar-refractivity contribution < 1.29 is 18.5 Å². The molecule has 5 heteroatoms. The van der Waals surface area contributed by atoms with Crippen molar-refractivity contribution in [2.75, 3.05) is 14.2 Å². The molecule has 0 fully saturated rings. The molecule has 0 aliphatic heterocycles. The zero-order valence-electron chi connectivity index (χ0n) is 6.79. The van der Waals surface area contributed by atoms with Crippen LogP contribution in [-0.4, -0.2) is 14.2 Å². The Morgan fingerprint density at radius 2 is 1.50 bits per heavy atom. The molecule has 0 aliphatic carbocycles. The Labute approximate surface area is 61.8 Å². The first-order chi connectivity index (χ1) is 4.54. The lowest BCUT2D eigenvalue weighted by Gasteiger charge is -2.16. The molecule has 0 N–H and O–H groups in total. The van der Waals surface area contributed by atoms with Crippen LogP contribution < -0.4 is 4.89 Å². The van der Waals surface area contributed by atoms with Crippen LogP contribution in [0.1, 0.15) is 20.3 Å². The zero-order valence-corrected chi connectivity index (χ0v) is 7.68. The van der Waals surface area contributed by atoms with Crippen LogP contribution >= 0.6 is 7.82 Å². The molecule has 0 amide bonds. The summed E-state index contributed by atoms with van der Waals surface area (Å²) >= 11 is 0. The van der Waals surface area contributed by atoms with Crippen LogP contribution in [0.5, 0.6) is 0 Å². The minimum Gasteiger partial charge on any atom is -0.756 e. The molecule has 64 valence electrons. The molecule has 0 radical (unpaired) electrons. The molecule has 0 spiro atoms. The standard InChI is InChI=1S/C3H8.C2H7O4P/c1-3-2;1-5-7(3,4)6-2/h3H2,1-2H3;1-2H3,(H,3,4)/p-1. The van der Waals surface area contributed by atoms with Gasteiger partial charge in [-0.05, 0) is 0 Å². The second-order valence-corrected chi connectivity index (χ2v) is 3.14. The van der Waals surface area contributed by atoms with Crippen LogP contribution in [0.2, 0.25) is 0 Å². The quantitative estimate of drug-likeness (QED) is 0.582. The summed E-state index contributed by atoms with van der Waals surface area (Å²) in [5.41, 5.74) is 0. The maximum atomic E-state index is 9.95. The molecule has 0 saturated carbocycles. The van der Waals surface area contributed by atoms with E-state index in [2.05, 4.69) is 22.9 Å². The van der Waals surface area contributed by atoms with Crippen LogP contribution in [0.25, 0.3) is 0 Å². The Kier molecular flexibility index (Phi) is 9.21. The maximum Gasteiger partial charge on any atom is 0.267 e. The highest BCUT2D eigenvalue weighted by Gasteiger charge is 1.98. The molecule has 0 heterocycles. The average molecular weight is 169 g/mol. The van der Waals surface area contributed by atoms with Crippen LogP contribution in [0.4, 0.5) is 0 Å². The third kappa shape index (κ3) is 11.0. The van der Waals surface area contributed by atoms with Crippen molar-refractivity contribution in [1.82, 2.24) is 0 Å². The van der Waals surface area contributed by atoms with Crippen molar-refractivity contribution >= 4 is 7.82 Å².